The topological polar surface area (TPSA) is 78.5 Å². The number of benzene rings is 2. The third-order valence-corrected chi connectivity index (χ3v) is 4.51. The van der Waals surface area contributed by atoms with Gasteiger partial charge in [-0.25, -0.2) is 8.78 Å². The number of carbonyl (C=O) groups is 3. The zero-order chi connectivity index (χ0) is 20.4. The monoisotopic (exact) mass is 387 g/mol. The van der Waals surface area contributed by atoms with Crippen LogP contribution in [0.15, 0.2) is 36.4 Å². The van der Waals surface area contributed by atoms with Gasteiger partial charge in [0.25, 0.3) is 0 Å². The summed E-state index contributed by atoms with van der Waals surface area (Å²) in [4.78, 5) is 37.2. The molecular formula is C20H19F2N3O3. The first kappa shape index (κ1) is 19.5. The molecule has 0 radical (unpaired) electrons. The first-order valence-corrected chi connectivity index (χ1v) is 8.69. The summed E-state index contributed by atoms with van der Waals surface area (Å²) in [6.07, 6.45) is -0.0763. The predicted octanol–water partition coefficient (Wildman–Crippen LogP) is 3.22. The Morgan fingerprint density at radius 3 is 2.54 bits per heavy atom. The lowest BCUT2D eigenvalue weighted by Crippen LogP contribution is -2.29. The van der Waals surface area contributed by atoms with E-state index in [4.69, 9.17) is 0 Å². The van der Waals surface area contributed by atoms with E-state index in [1.54, 1.807) is 25.1 Å². The molecule has 2 N–H and O–H groups in total. The smallest absolute Gasteiger partial charge is 0.229 e. The summed E-state index contributed by atoms with van der Waals surface area (Å²) in [5.41, 5.74) is 1.78. The van der Waals surface area contributed by atoms with Crippen LogP contribution in [-0.2, 0) is 14.4 Å². The van der Waals surface area contributed by atoms with Gasteiger partial charge < -0.3 is 15.5 Å². The molecule has 0 aromatic heterocycles. The van der Waals surface area contributed by atoms with Crippen molar-refractivity contribution >= 4 is 34.8 Å². The Hall–Kier alpha value is -3.29. The Bertz CT molecular complexity index is 962. The van der Waals surface area contributed by atoms with Crippen LogP contribution in [0, 0.1) is 24.5 Å². The van der Waals surface area contributed by atoms with Crippen LogP contribution in [0.3, 0.4) is 0 Å². The summed E-state index contributed by atoms with van der Waals surface area (Å²) in [5.74, 6) is -3.30. The molecule has 1 unspecified atom stereocenters. The average molecular weight is 387 g/mol. The van der Waals surface area contributed by atoms with E-state index in [-0.39, 0.29) is 30.5 Å². The molecule has 1 aliphatic heterocycles. The van der Waals surface area contributed by atoms with Gasteiger partial charge in [0.05, 0.1) is 11.6 Å². The summed E-state index contributed by atoms with van der Waals surface area (Å²) in [5, 5.41) is 5.40. The fourth-order valence-electron chi connectivity index (χ4n) is 3.09. The van der Waals surface area contributed by atoms with Gasteiger partial charge in [-0.2, -0.15) is 0 Å². The maximum Gasteiger partial charge on any atom is 0.229 e. The van der Waals surface area contributed by atoms with Crippen LogP contribution < -0.4 is 15.5 Å². The number of hydrogen-bond acceptors (Lipinski definition) is 3. The molecule has 2 aromatic carbocycles. The highest BCUT2D eigenvalue weighted by Gasteiger charge is 2.36. The van der Waals surface area contributed by atoms with E-state index in [1.165, 1.54) is 13.0 Å². The van der Waals surface area contributed by atoms with E-state index in [0.717, 1.165) is 16.5 Å². The van der Waals surface area contributed by atoms with Gasteiger partial charge in [-0.3, -0.25) is 14.4 Å². The summed E-state index contributed by atoms with van der Waals surface area (Å²) in [7, 11) is 0. The van der Waals surface area contributed by atoms with Gasteiger partial charge in [-0.05, 0) is 36.8 Å². The summed E-state index contributed by atoms with van der Waals surface area (Å²) >= 11 is 0. The van der Waals surface area contributed by atoms with Crippen LogP contribution in [0.25, 0.3) is 0 Å². The van der Waals surface area contributed by atoms with Crippen molar-refractivity contribution in [2.75, 3.05) is 22.1 Å². The molecule has 3 rings (SSSR count). The van der Waals surface area contributed by atoms with Crippen LogP contribution in [0.4, 0.5) is 25.8 Å². The molecule has 1 aliphatic rings. The van der Waals surface area contributed by atoms with Gasteiger partial charge in [-0.15, -0.1) is 0 Å². The highest BCUT2D eigenvalue weighted by molar-refractivity contribution is 6.04. The van der Waals surface area contributed by atoms with Crippen molar-refractivity contribution in [3.8, 4) is 0 Å². The largest absolute Gasteiger partial charge is 0.326 e. The van der Waals surface area contributed by atoms with Crippen molar-refractivity contribution in [2.45, 2.75) is 20.3 Å². The van der Waals surface area contributed by atoms with Crippen molar-refractivity contribution in [3.63, 3.8) is 0 Å². The number of carbonyl (C=O) groups excluding carboxylic acids is 3. The van der Waals surface area contributed by atoms with Gasteiger partial charge in [0.1, 0.15) is 11.6 Å². The lowest BCUT2D eigenvalue weighted by Gasteiger charge is -2.18. The second-order valence-corrected chi connectivity index (χ2v) is 6.70. The Morgan fingerprint density at radius 2 is 1.86 bits per heavy atom. The van der Waals surface area contributed by atoms with Crippen LogP contribution >= 0.6 is 0 Å². The van der Waals surface area contributed by atoms with Gasteiger partial charge in [-0.1, -0.05) is 6.07 Å². The molecule has 8 heteroatoms. The molecule has 2 aromatic rings. The normalized spacial score (nSPS) is 16.2. The van der Waals surface area contributed by atoms with E-state index in [9.17, 15) is 23.2 Å². The van der Waals surface area contributed by atoms with Gasteiger partial charge >= 0.3 is 0 Å². The third-order valence-electron chi connectivity index (χ3n) is 4.51. The predicted molar refractivity (Wildman–Crippen MR) is 101 cm³/mol. The molecule has 0 saturated carbocycles. The Morgan fingerprint density at radius 1 is 1.11 bits per heavy atom. The van der Waals surface area contributed by atoms with Crippen molar-refractivity contribution in [3.05, 3.63) is 53.6 Å². The molecule has 146 valence electrons. The highest BCUT2D eigenvalue weighted by atomic mass is 19.1. The van der Waals surface area contributed by atoms with E-state index < -0.39 is 23.5 Å². The number of amides is 3. The SMILES string of the molecule is CC(=O)Nc1ccc(C)c(NC(=O)C2CC(=O)N(c3ccc(F)cc3F)C2)c1. The van der Waals surface area contributed by atoms with E-state index >= 15 is 0 Å². The molecule has 3 amide bonds. The number of halogens is 2. The Balaban J connectivity index is 1.74. The minimum Gasteiger partial charge on any atom is -0.326 e. The first-order valence-electron chi connectivity index (χ1n) is 8.69. The van der Waals surface area contributed by atoms with Crippen molar-refractivity contribution in [1.29, 1.82) is 0 Å². The molecule has 0 spiro atoms. The molecule has 1 heterocycles. The molecule has 1 atom stereocenters. The zero-order valence-electron chi connectivity index (χ0n) is 15.4. The molecule has 6 nitrogen and oxygen atoms in total. The summed E-state index contributed by atoms with van der Waals surface area (Å²) < 4.78 is 27.1. The van der Waals surface area contributed by atoms with Gasteiger partial charge in [0.2, 0.25) is 17.7 Å². The van der Waals surface area contributed by atoms with Gasteiger partial charge in [0, 0.05) is 37.3 Å². The zero-order valence-corrected chi connectivity index (χ0v) is 15.4. The van der Waals surface area contributed by atoms with Crippen LogP contribution in [0.2, 0.25) is 0 Å². The molecule has 1 saturated heterocycles. The van der Waals surface area contributed by atoms with E-state index in [1.807, 2.05) is 0 Å². The van der Waals surface area contributed by atoms with Crippen molar-refractivity contribution in [2.24, 2.45) is 5.92 Å². The van der Waals surface area contributed by atoms with E-state index in [0.29, 0.717) is 17.4 Å². The maximum absolute atomic E-state index is 14.0. The second kappa shape index (κ2) is 7.75. The van der Waals surface area contributed by atoms with Crippen molar-refractivity contribution in [1.82, 2.24) is 0 Å². The van der Waals surface area contributed by atoms with Crippen LogP contribution in [-0.4, -0.2) is 24.3 Å². The molecular weight excluding hydrogens is 368 g/mol. The van der Waals surface area contributed by atoms with E-state index in [2.05, 4.69) is 10.6 Å². The highest BCUT2D eigenvalue weighted by Crippen LogP contribution is 2.29. The number of nitrogens with one attached hydrogen (secondary N) is 2. The fraction of sp³-hybridized carbons (Fsp3) is 0.250. The fourth-order valence-corrected chi connectivity index (χ4v) is 3.09. The van der Waals surface area contributed by atoms with Crippen molar-refractivity contribution < 1.29 is 23.2 Å². The minimum atomic E-state index is -0.853. The lowest BCUT2D eigenvalue weighted by atomic mass is 10.1. The number of anilines is 3. The third kappa shape index (κ3) is 4.16. The molecule has 28 heavy (non-hydrogen) atoms. The number of aryl methyl sites for hydroxylation is 1. The number of hydrogen-bond donors (Lipinski definition) is 2. The average Bonchev–Trinajstić information content (AvgIpc) is 2.99. The summed E-state index contributed by atoms with van der Waals surface area (Å²) in [6.45, 7) is 3.18. The minimum absolute atomic E-state index is 0.00233. The van der Waals surface area contributed by atoms with Crippen LogP contribution in [0.5, 0.6) is 0 Å². The first-order chi connectivity index (χ1) is 13.2. The van der Waals surface area contributed by atoms with Gasteiger partial charge in [0.15, 0.2) is 0 Å². The molecule has 1 fully saturated rings. The standard InChI is InChI=1S/C20H19F2N3O3/c1-11-3-5-15(23-12(2)26)9-17(11)24-20(28)13-7-19(27)25(10-13)18-6-4-14(21)8-16(18)22/h3-6,8-9,13H,7,10H2,1-2H3,(H,23,26)(H,24,28). The Kier molecular flexibility index (Phi) is 5.39. The quantitative estimate of drug-likeness (QED) is 0.846. The van der Waals surface area contributed by atoms with Crippen LogP contribution in [0.1, 0.15) is 18.9 Å². The molecule has 0 bridgehead atoms. The summed E-state index contributed by atoms with van der Waals surface area (Å²) in [6, 6.07) is 8.04. The number of rotatable bonds is 4. The maximum atomic E-state index is 14.0. The lowest BCUT2D eigenvalue weighted by molar-refractivity contribution is -0.122. The second-order valence-electron chi connectivity index (χ2n) is 6.70. The molecule has 0 aliphatic carbocycles. The Labute approximate surface area is 160 Å². The number of nitrogens with zero attached hydrogens (tertiary/aromatic N) is 1.